The molecule has 1 aromatic rings. The van der Waals surface area contributed by atoms with Crippen molar-refractivity contribution in [2.45, 2.75) is 33.6 Å². The molecule has 0 aliphatic heterocycles. The molecule has 13 heavy (non-hydrogen) atoms. The highest BCUT2D eigenvalue weighted by molar-refractivity contribution is 6.31. The van der Waals surface area contributed by atoms with Gasteiger partial charge in [0.15, 0.2) is 0 Å². The molecule has 1 nitrogen and oxygen atoms in total. The van der Waals surface area contributed by atoms with E-state index >= 15 is 0 Å². The molecular weight excluding hydrogens is 182 g/mol. The van der Waals surface area contributed by atoms with Crippen LogP contribution in [0, 0.1) is 5.41 Å². The Hall–Kier alpha value is -0.560. The maximum Gasteiger partial charge on any atom is 0.0471 e. The van der Waals surface area contributed by atoms with E-state index in [1.54, 1.807) is 6.20 Å². The number of aromatic nitrogens is 1. The lowest BCUT2D eigenvalue weighted by atomic mass is 9.78. The summed E-state index contributed by atoms with van der Waals surface area (Å²) < 4.78 is 0. The van der Waals surface area contributed by atoms with Gasteiger partial charge in [-0.25, -0.2) is 0 Å². The van der Waals surface area contributed by atoms with Gasteiger partial charge in [-0.3, -0.25) is 4.98 Å². The minimum atomic E-state index is 0.229. The molecular formula is C11H16ClN. The molecule has 0 amide bonds. The van der Waals surface area contributed by atoms with Gasteiger partial charge in [0.1, 0.15) is 0 Å². The third-order valence-electron chi connectivity index (χ3n) is 2.56. The Balaban J connectivity index is 3.02. The van der Waals surface area contributed by atoms with Gasteiger partial charge in [0, 0.05) is 17.4 Å². The van der Waals surface area contributed by atoms with E-state index in [0.717, 1.165) is 10.6 Å². The van der Waals surface area contributed by atoms with E-state index in [1.807, 2.05) is 12.3 Å². The first-order valence-electron chi connectivity index (χ1n) is 4.52. The first-order valence-corrected chi connectivity index (χ1v) is 4.90. The third kappa shape index (κ3) is 2.44. The summed E-state index contributed by atoms with van der Waals surface area (Å²) in [4.78, 5) is 4.10. The molecule has 0 saturated heterocycles. The zero-order valence-electron chi connectivity index (χ0n) is 8.63. The summed E-state index contributed by atoms with van der Waals surface area (Å²) in [6.45, 7) is 8.81. The minimum absolute atomic E-state index is 0.229. The highest BCUT2D eigenvalue weighted by atomic mass is 35.5. The smallest absolute Gasteiger partial charge is 0.0471 e. The summed E-state index contributed by atoms with van der Waals surface area (Å²) in [6, 6.07) is 1.85. The third-order valence-corrected chi connectivity index (χ3v) is 2.91. The molecule has 1 rings (SSSR count). The van der Waals surface area contributed by atoms with Gasteiger partial charge in [0.25, 0.3) is 0 Å². The fraction of sp³-hybridized carbons (Fsp3) is 0.545. The second-order valence-electron chi connectivity index (χ2n) is 4.48. The van der Waals surface area contributed by atoms with Gasteiger partial charge >= 0.3 is 0 Å². The maximum absolute atomic E-state index is 6.09. The molecule has 1 heterocycles. The Morgan fingerprint density at radius 2 is 2.00 bits per heavy atom. The van der Waals surface area contributed by atoms with Crippen molar-refractivity contribution in [3.05, 3.63) is 29.0 Å². The lowest BCUT2D eigenvalue weighted by Gasteiger charge is -2.27. The van der Waals surface area contributed by atoms with Crippen molar-refractivity contribution >= 4 is 11.6 Å². The first kappa shape index (κ1) is 10.5. The zero-order chi connectivity index (χ0) is 10.1. The topological polar surface area (TPSA) is 12.9 Å². The summed E-state index contributed by atoms with van der Waals surface area (Å²) in [5.74, 6) is 0.425. The molecule has 0 aromatic carbocycles. The van der Waals surface area contributed by atoms with Crippen LogP contribution in [0.2, 0.25) is 5.02 Å². The zero-order valence-corrected chi connectivity index (χ0v) is 9.39. The van der Waals surface area contributed by atoms with Crippen molar-refractivity contribution in [3.8, 4) is 0 Å². The number of pyridine rings is 1. The number of nitrogens with zero attached hydrogens (tertiary/aromatic N) is 1. The normalized spacial score (nSPS) is 14.2. The van der Waals surface area contributed by atoms with Crippen LogP contribution >= 0.6 is 11.6 Å². The summed E-state index contributed by atoms with van der Waals surface area (Å²) in [7, 11) is 0. The van der Waals surface area contributed by atoms with Crippen LogP contribution in [0.3, 0.4) is 0 Å². The van der Waals surface area contributed by atoms with Crippen molar-refractivity contribution in [1.29, 1.82) is 0 Å². The van der Waals surface area contributed by atoms with Crippen LogP contribution in [-0.4, -0.2) is 4.98 Å². The van der Waals surface area contributed by atoms with Gasteiger partial charge in [-0.1, -0.05) is 39.3 Å². The Morgan fingerprint density at radius 1 is 1.38 bits per heavy atom. The van der Waals surface area contributed by atoms with E-state index in [1.165, 1.54) is 0 Å². The molecule has 0 fully saturated rings. The first-order chi connectivity index (χ1) is 5.93. The van der Waals surface area contributed by atoms with Gasteiger partial charge in [-0.05, 0) is 23.0 Å². The number of halogens is 1. The summed E-state index contributed by atoms with van der Waals surface area (Å²) in [6.07, 6.45) is 3.58. The molecule has 1 atom stereocenters. The molecule has 0 saturated carbocycles. The molecule has 0 bridgehead atoms. The monoisotopic (exact) mass is 197 g/mol. The van der Waals surface area contributed by atoms with E-state index < -0.39 is 0 Å². The van der Waals surface area contributed by atoms with Crippen molar-refractivity contribution in [3.63, 3.8) is 0 Å². The highest BCUT2D eigenvalue weighted by Gasteiger charge is 2.23. The predicted octanol–water partition coefficient (Wildman–Crippen LogP) is 3.88. The van der Waals surface area contributed by atoms with Crippen LogP contribution in [0.25, 0.3) is 0 Å². The van der Waals surface area contributed by atoms with Crippen molar-refractivity contribution in [1.82, 2.24) is 4.98 Å². The van der Waals surface area contributed by atoms with E-state index in [9.17, 15) is 0 Å². The van der Waals surface area contributed by atoms with Crippen LogP contribution in [0.5, 0.6) is 0 Å². The summed E-state index contributed by atoms with van der Waals surface area (Å²) in [5, 5.41) is 0.817. The molecule has 1 aromatic heterocycles. The minimum Gasteiger partial charge on any atom is -0.264 e. The molecule has 1 unspecified atom stereocenters. The molecule has 72 valence electrons. The van der Waals surface area contributed by atoms with Crippen molar-refractivity contribution < 1.29 is 0 Å². The Bertz CT molecular complexity index is 288. The fourth-order valence-electron chi connectivity index (χ4n) is 1.17. The Kier molecular flexibility index (Phi) is 2.97. The van der Waals surface area contributed by atoms with Crippen LogP contribution in [0.1, 0.15) is 39.2 Å². The SMILES string of the molecule is CC(c1cnccc1Cl)C(C)(C)C. The quantitative estimate of drug-likeness (QED) is 0.666. The second-order valence-corrected chi connectivity index (χ2v) is 4.89. The van der Waals surface area contributed by atoms with Crippen molar-refractivity contribution in [2.75, 3.05) is 0 Å². The van der Waals surface area contributed by atoms with E-state index in [0.29, 0.717) is 5.92 Å². The molecule has 0 spiro atoms. The highest BCUT2D eigenvalue weighted by Crippen LogP contribution is 2.36. The fourth-order valence-corrected chi connectivity index (χ4v) is 1.44. The molecule has 2 heteroatoms. The summed E-state index contributed by atoms with van der Waals surface area (Å²) >= 11 is 6.09. The molecule has 0 radical (unpaired) electrons. The van der Waals surface area contributed by atoms with Gasteiger partial charge in [0.2, 0.25) is 0 Å². The predicted molar refractivity (Wildman–Crippen MR) is 57.1 cm³/mol. The Labute approximate surface area is 85.1 Å². The van der Waals surface area contributed by atoms with E-state index in [-0.39, 0.29) is 5.41 Å². The second kappa shape index (κ2) is 3.67. The van der Waals surface area contributed by atoms with Gasteiger partial charge < -0.3 is 0 Å². The molecule has 0 aliphatic rings. The van der Waals surface area contributed by atoms with Gasteiger partial charge in [-0.15, -0.1) is 0 Å². The number of hydrogen-bond acceptors (Lipinski definition) is 1. The standard InChI is InChI=1S/C11H16ClN/c1-8(11(2,3)4)9-7-13-6-5-10(9)12/h5-8H,1-4H3. The average molecular weight is 198 g/mol. The summed E-state index contributed by atoms with van der Waals surface area (Å²) in [5.41, 5.74) is 1.36. The number of rotatable bonds is 1. The molecule has 0 N–H and O–H groups in total. The largest absolute Gasteiger partial charge is 0.264 e. The van der Waals surface area contributed by atoms with Gasteiger partial charge in [-0.2, -0.15) is 0 Å². The van der Waals surface area contributed by atoms with E-state index in [2.05, 4.69) is 32.7 Å². The lowest BCUT2D eigenvalue weighted by Crippen LogP contribution is -2.15. The lowest BCUT2D eigenvalue weighted by molar-refractivity contribution is 0.339. The van der Waals surface area contributed by atoms with Crippen LogP contribution in [0.15, 0.2) is 18.5 Å². The van der Waals surface area contributed by atoms with E-state index in [4.69, 9.17) is 11.6 Å². The van der Waals surface area contributed by atoms with Crippen LogP contribution in [-0.2, 0) is 0 Å². The van der Waals surface area contributed by atoms with Crippen LogP contribution in [0.4, 0.5) is 0 Å². The maximum atomic E-state index is 6.09. The van der Waals surface area contributed by atoms with Crippen LogP contribution < -0.4 is 0 Å². The van der Waals surface area contributed by atoms with Gasteiger partial charge in [0.05, 0.1) is 0 Å². The molecule has 0 aliphatic carbocycles. The number of hydrogen-bond donors (Lipinski definition) is 0. The average Bonchev–Trinajstić information content (AvgIpc) is 2.02. The Morgan fingerprint density at radius 3 is 2.46 bits per heavy atom. The van der Waals surface area contributed by atoms with Crippen molar-refractivity contribution in [2.24, 2.45) is 5.41 Å².